The second-order valence-corrected chi connectivity index (χ2v) is 5.92. The predicted octanol–water partition coefficient (Wildman–Crippen LogP) is 4.03. The minimum atomic E-state index is 0.582. The molecule has 0 nitrogen and oxygen atoms in total. The predicted molar refractivity (Wildman–Crippen MR) is 64.2 cm³/mol. The summed E-state index contributed by atoms with van der Waals surface area (Å²) in [7, 11) is 0. The Morgan fingerprint density at radius 2 is 1.67 bits per heavy atom. The van der Waals surface area contributed by atoms with E-state index in [0.29, 0.717) is 10.8 Å². The first-order chi connectivity index (χ1) is 7.26. The molecule has 0 saturated heterocycles. The van der Waals surface area contributed by atoms with Gasteiger partial charge in [-0.15, -0.1) is 11.6 Å². The van der Waals surface area contributed by atoms with Gasteiger partial charge >= 0.3 is 0 Å². The van der Waals surface area contributed by atoms with Crippen LogP contribution in [-0.4, -0.2) is 5.88 Å². The van der Waals surface area contributed by atoms with Crippen molar-refractivity contribution in [1.82, 2.24) is 0 Å². The smallest absolute Gasteiger partial charge is 0.0280 e. The molecule has 0 spiro atoms. The van der Waals surface area contributed by atoms with E-state index >= 15 is 0 Å². The van der Waals surface area contributed by atoms with Crippen LogP contribution in [-0.2, 0) is 6.42 Å². The van der Waals surface area contributed by atoms with E-state index in [1.165, 1.54) is 37.7 Å². The molecule has 2 bridgehead atoms. The van der Waals surface area contributed by atoms with E-state index in [2.05, 4.69) is 30.3 Å². The van der Waals surface area contributed by atoms with Gasteiger partial charge in [-0.2, -0.15) is 0 Å². The van der Waals surface area contributed by atoms with Crippen LogP contribution in [0.15, 0.2) is 30.3 Å². The van der Waals surface area contributed by atoms with Gasteiger partial charge in [-0.1, -0.05) is 30.3 Å². The normalized spacial score (nSPS) is 36.9. The molecule has 80 valence electrons. The maximum absolute atomic E-state index is 5.96. The lowest BCUT2D eigenvalue weighted by atomic mass is 9.35. The number of halogens is 1. The van der Waals surface area contributed by atoms with Crippen molar-refractivity contribution < 1.29 is 0 Å². The summed E-state index contributed by atoms with van der Waals surface area (Å²) >= 11 is 5.96. The van der Waals surface area contributed by atoms with Gasteiger partial charge in [0.05, 0.1) is 0 Å². The maximum Gasteiger partial charge on any atom is 0.0280 e. The van der Waals surface area contributed by atoms with E-state index in [1.54, 1.807) is 0 Å². The highest BCUT2D eigenvalue weighted by Crippen LogP contribution is 2.75. The van der Waals surface area contributed by atoms with Crippen LogP contribution in [0.4, 0.5) is 0 Å². The molecule has 15 heavy (non-hydrogen) atoms. The third-order valence-corrected chi connectivity index (χ3v) is 4.89. The summed E-state index contributed by atoms with van der Waals surface area (Å²) in [6.07, 6.45) is 6.82. The Morgan fingerprint density at radius 1 is 1.00 bits per heavy atom. The minimum Gasteiger partial charge on any atom is -0.126 e. The van der Waals surface area contributed by atoms with Gasteiger partial charge in [0.1, 0.15) is 0 Å². The number of hydrogen-bond donors (Lipinski definition) is 0. The SMILES string of the molecule is ClCC12CC(CCc3ccccc3)(C1)C2. The molecule has 0 heterocycles. The minimum absolute atomic E-state index is 0.582. The van der Waals surface area contributed by atoms with Crippen LogP contribution >= 0.6 is 11.6 Å². The molecule has 0 atom stereocenters. The van der Waals surface area contributed by atoms with E-state index in [1.807, 2.05) is 0 Å². The van der Waals surface area contributed by atoms with E-state index in [0.717, 1.165) is 5.88 Å². The van der Waals surface area contributed by atoms with Gasteiger partial charge < -0.3 is 0 Å². The molecule has 0 unspecified atom stereocenters. The molecule has 1 aromatic rings. The van der Waals surface area contributed by atoms with E-state index in [4.69, 9.17) is 11.6 Å². The van der Waals surface area contributed by atoms with Crippen LogP contribution in [0, 0.1) is 10.8 Å². The first-order valence-electron chi connectivity index (χ1n) is 5.86. The number of alkyl halides is 1. The maximum atomic E-state index is 5.96. The summed E-state index contributed by atoms with van der Waals surface area (Å²) in [5.74, 6) is 0.889. The Morgan fingerprint density at radius 3 is 2.27 bits per heavy atom. The van der Waals surface area contributed by atoms with Crippen molar-refractivity contribution in [3.63, 3.8) is 0 Å². The van der Waals surface area contributed by atoms with Crippen molar-refractivity contribution >= 4 is 11.6 Å². The highest BCUT2D eigenvalue weighted by Gasteiger charge is 2.66. The van der Waals surface area contributed by atoms with Crippen molar-refractivity contribution in [2.75, 3.05) is 5.88 Å². The third kappa shape index (κ3) is 1.50. The summed E-state index contributed by atoms with van der Waals surface area (Å²) in [5.41, 5.74) is 2.77. The fourth-order valence-electron chi connectivity index (χ4n) is 3.69. The Hall–Kier alpha value is -0.490. The van der Waals surface area contributed by atoms with Gasteiger partial charge in [0.25, 0.3) is 0 Å². The monoisotopic (exact) mass is 220 g/mol. The zero-order valence-corrected chi connectivity index (χ0v) is 9.76. The lowest BCUT2D eigenvalue weighted by Gasteiger charge is -2.71. The van der Waals surface area contributed by atoms with Crippen LogP contribution in [0.5, 0.6) is 0 Å². The zero-order chi connectivity index (χ0) is 10.4. The van der Waals surface area contributed by atoms with Crippen LogP contribution in [0.1, 0.15) is 31.2 Å². The Kier molecular flexibility index (Phi) is 2.10. The molecule has 0 radical (unpaired) electrons. The number of rotatable bonds is 4. The number of hydrogen-bond acceptors (Lipinski definition) is 0. The molecular weight excluding hydrogens is 204 g/mol. The van der Waals surface area contributed by atoms with Gasteiger partial charge in [0.2, 0.25) is 0 Å². The zero-order valence-electron chi connectivity index (χ0n) is 9.01. The molecule has 4 rings (SSSR count). The van der Waals surface area contributed by atoms with Gasteiger partial charge in [-0.3, -0.25) is 0 Å². The first kappa shape index (κ1) is 9.72. The quantitative estimate of drug-likeness (QED) is 0.673. The first-order valence-corrected chi connectivity index (χ1v) is 6.39. The Balaban J connectivity index is 1.53. The average Bonchev–Trinajstić information content (AvgIpc) is 2.16. The summed E-state index contributed by atoms with van der Waals surface area (Å²) < 4.78 is 0. The summed E-state index contributed by atoms with van der Waals surface area (Å²) in [5, 5.41) is 0. The molecule has 0 aliphatic heterocycles. The van der Waals surface area contributed by atoms with Gasteiger partial charge in [0.15, 0.2) is 0 Å². The highest BCUT2D eigenvalue weighted by atomic mass is 35.5. The number of benzene rings is 1. The summed E-state index contributed by atoms with van der Waals surface area (Å²) in [4.78, 5) is 0. The average molecular weight is 221 g/mol. The van der Waals surface area contributed by atoms with Gasteiger partial charge in [0, 0.05) is 5.88 Å². The van der Waals surface area contributed by atoms with Crippen molar-refractivity contribution in [3.8, 4) is 0 Å². The lowest BCUT2D eigenvalue weighted by molar-refractivity contribution is -0.191. The topological polar surface area (TPSA) is 0 Å². The molecule has 3 fully saturated rings. The molecule has 1 heteroatoms. The number of aryl methyl sites for hydroxylation is 1. The summed E-state index contributed by atoms with van der Waals surface area (Å²) in [6.45, 7) is 0. The lowest BCUT2D eigenvalue weighted by Crippen LogP contribution is -2.62. The Bertz CT molecular complexity index is 335. The van der Waals surface area contributed by atoms with Crippen molar-refractivity contribution in [2.45, 2.75) is 32.1 Å². The van der Waals surface area contributed by atoms with Crippen LogP contribution in [0.2, 0.25) is 0 Å². The van der Waals surface area contributed by atoms with Crippen LogP contribution in [0.25, 0.3) is 0 Å². The van der Waals surface area contributed by atoms with E-state index < -0.39 is 0 Å². The second kappa shape index (κ2) is 3.25. The fraction of sp³-hybridized carbons (Fsp3) is 0.571. The fourth-order valence-corrected chi connectivity index (χ4v) is 3.98. The highest BCUT2D eigenvalue weighted by molar-refractivity contribution is 6.18. The third-order valence-electron chi connectivity index (χ3n) is 4.32. The second-order valence-electron chi connectivity index (χ2n) is 5.65. The van der Waals surface area contributed by atoms with E-state index in [-0.39, 0.29) is 0 Å². The molecule has 3 aliphatic carbocycles. The molecule has 0 N–H and O–H groups in total. The molecule has 3 aliphatic rings. The standard InChI is InChI=1S/C14H17Cl/c15-11-14-8-13(9-14,10-14)7-6-12-4-2-1-3-5-12/h1-5H,6-11H2. The molecule has 3 saturated carbocycles. The molecule has 1 aromatic carbocycles. The molecule has 0 aromatic heterocycles. The van der Waals surface area contributed by atoms with Crippen LogP contribution < -0.4 is 0 Å². The van der Waals surface area contributed by atoms with Gasteiger partial charge in [-0.05, 0) is 48.5 Å². The van der Waals surface area contributed by atoms with Crippen LogP contribution in [0.3, 0.4) is 0 Å². The van der Waals surface area contributed by atoms with E-state index in [9.17, 15) is 0 Å². The largest absolute Gasteiger partial charge is 0.126 e. The van der Waals surface area contributed by atoms with Crippen molar-refractivity contribution in [3.05, 3.63) is 35.9 Å². The van der Waals surface area contributed by atoms with Crippen molar-refractivity contribution in [1.29, 1.82) is 0 Å². The molecule has 0 amide bonds. The summed E-state index contributed by atoms with van der Waals surface area (Å²) in [6, 6.07) is 10.8. The molecular formula is C14H17Cl. The van der Waals surface area contributed by atoms with Gasteiger partial charge in [-0.25, -0.2) is 0 Å². The van der Waals surface area contributed by atoms with Crippen molar-refractivity contribution in [2.24, 2.45) is 10.8 Å². The Labute approximate surface area is 96.6 Å².